The summed E-state index contributed by atoms with van der Waals surface area (Å²) in [5.74, 6) is 1.04. The Morgan fingerprint density at radius 3 is 2.58 bits per heavy atom. The van der Waals surface area contributed by atoms with Crippen molar-refractivity contribution in [1.82, 2.24) is 4.98 Å². The number of rotatable bonds is 2. The number of halogens is 1. The first-order valence-electron chi connectivity index (χ1n) is 3.84. The maximum Gasteiger partial charge on any atom is 0.130 e. The fraction of sp³-hybridized carbons (Fsp3) is 0.444. The smallest absolute Gasteiger partial charge is 0.130 e. The molecule has 0 bridgehead atoms. The van der Waals surface area contributed by atoms with E-state index in [4.69, 9.17) is 0 Å². The molecule has 0 aliphatic carbocycles. The summed E-state index contributed by atoms with van der Waals surface area (Å²) < 4.78 is 0. The van der Waals surface area contributed by atoms with Gasteiger partial charge in [0.2, 0.25) is 0 Å². The van der Waals surface area contributed by atoms with E-state index < -0.39 is 0 Å². The molecule has 0 N–H and O–H groups in total. The second-order valence-corrected chi connectivity index (χ2v) is 3.57. The molecular formula is C9H13BrN2. The van der Waals surface area contributed by atoms with Gasteiger partial charge in [-0.3, -0.25) is 0 Å². The number of anilines is 1. The Hall–Kier alpha value is -0.570. The Morgan fingerprint density at radius 2 is 2.17 bits per heavy atom. The number of nitrogens with zero attached hydrogens (tertiary/aromatic N) is 2. The minimum Gasteiger partial charge on any atom is -0.363 e. The van der Waals surface area contributed by atoms with Gasteiger partial charge >= 0.3 is 0 Å². The number of hydrogen-bond donors (Lipinski definition) is 0. The van der Waals surface area contributed by atoms with Gasteiger partial charge in [-0.2, -0.15) is 0 Å². The molecule has 0 aliphatic heterocycles. The van der Waals surface area contributed by atoms with Crippen LogP contribution in [0.15, 0.2) is 12.3 Å². The molecule has 12 heavy (non-hydrogen) atoms. The van der Waals surface area contributed by atoms with Crippen molar-refractivity contribution in [2.45, 2.75) is 12.3 Å². The van der Waals surface area contributed by atoms with E-state index in [1.54, 1.807) is 0 Å². The molecule has 0 aromatic carbocycles. The maximum absolute atomic E-state index is 4.34. The monoisotopic (exact) mass is 228 g/mol. The SMILES string of the molecule is Cc1cc(CBr)cnc1N(C)C. The zero-order valence-electron chi connectivity index (χ0n) is 7.63. The highest BCUT2D eigenvalue weighted by atomic mass is 79.9. The lowest BCUT2D eigenvalue weighted by Gasteiger charge is -2.14. The van der Waals surface area contributed by atoms with Crippen LogP contribution in [0, 0.1) is 6.92 Å². The Labute approximate surface area is 81.7 Å². The van der Waals surface area contributed by atoms with Gasteiger partial charge in [-0.15, -0.1) is 0 Å². The second-order valence-electron chi connectivity index (χ2n) is 3.01. The molecule has 0 atom stereocenters. The number of alkyl halides is 1. The molecule has 1 rings (SSSR count). The fourth-order valence-corrected chi connectivity index (χ4v) is 1.47. The molecule has 66 valence electrons. The molecule has 0 radical (unpaired) electrons. The summed E-state index contributed by atoms with van der Waals surface area (Å²) in [6.07, 6.45) is 1.90. The van der Waals surface area contributed by atoms with Crippen molar-refractivity contribution in [3.05, 3.63) is 23.4 Å². The van der Waals surface area contributed by atoms with Crippen LogP contribution < -0.4 is 4.90 Å². The molecule has 0 unspecified atom stereocenters. The molecule has 3 heteroatoms. The highest BCUT2D eigenvalue weighted by molar-refractivity contribution is 9.08. The van der Waals surface area contributed by atoms with E-state index in [0.29, 0.717) is 0 Å². The average Bonchev–Trinajstić information content (AvgIpc) is 2.03. The van der Waals surface area contributed by atoms with Crippen molar-refractivity contribution in [3.63, 3.8) is 0 Å². The van der Waals surface area contributed by atoms with Crippen LogP contribution in [0.5, 0.6) is 0 Å². The maximum atomic E-state index is 4.34. The van der Waals surface area contributed by atoms with E-state index in [2.05, 4.69) is 33.9 Å². The van der Waals surface area contributed by atoms with Crippen molar-refractivity contribution in [2.75, 3.05) is 19.0 Å². The van der Waals surface area contributed by atoms with E-state index in [-0.39, 0.29) is 0 Å². The third-order valence-corrected chi connectivity index (χ3v) is 2.33. The Morgan fingerprint density at radius 1 is 1.50 bits per heavy atom. The molecule has 0 aliphatic rings. The third-order valence-electron chi connectivity index (χ3n) is 1.69. The molecule has 1 heterocycles. The summed E-state index contributed by atoms with van der Waals surface area (Å²) in [5, 5.41) is 0.870. The van der Waals surface area contributed by atoms with E-state index >= 15 is 0 Å². The van der Waals surface area contributed by atoms with E-state index in [0.717, 1.165) is 11.1 Å². The van der Waals surface area contributed by atoms with Gasteiger partial charge in [-0.05, 0) is 18.1 Å². The number of aryl methyl sites for hydroxylation is 1. The van der Waals surface area contributed by atoms with E-state index in [9.17, 15) is 0 Å². The minimum atomic E-state index is 0.870. The van der Waals surface area contributed by atoms with Crippen LogP contribution in [0.4, 0.5) is 5.82 Å². The molecular weight excluding hydrogens is 216 g/mol. The van der Waals surface area contributed by atoms with Crippen LogP contribution in [0.1, 0.15) is 11.1 Å². The summed E-state index contributed by atoms with van der Waals surface area (Å²) in [5.41, 5.74) is 2.44. The molecule has 2 nitrogen and oxygen atoms in total. The fourth-order valence-electron chi connectivity index (χ4n) is 1.17. The zero-order chi connectivity index (χ0) is 9.14. The lowest BCUT2D eigenvalue weighted by Crippen LogP contribution is -2.12. The highest BCUT2D eigenvalue weighted by Crippen LogP contribution is 2.16. The molecule has 0 spiro atoms. The van der Waals surface area contributed by atoms with E-state index in [1.165, 1.54) is 11.1 Å². The van der Waals surface area contributed by atoms with Gasteiger partial charge in [-0.25, -0.2) is 4.98 Å². The number of aromatic nitrogens is 1. The summed E-state index contributed by atoms with van der Waals surface area (Å²) >= 11 is 3.40. The average molecular weight is 229 g/mol. The predicted molar refractivity (Wildman–Crippen MR) is 55.9 cm³/mol. The van der Waals surface area contributed by atoms with Crippen molar-refractivity contribution < 1.29 is 0 Å². The first-order valence-corrected chi connectivity index (χ1v) is 4.96. The Balaban J connectivity index is 3.03. The van der Waals surface area contributed by atoms with Crippen LogP contribution in [-0.2, 0) is 5.33 Å². The summed E-state index contributed by atoms with van der Waals surface area (Å²) in [4.78, 5) is 6.37. The lowest BCUT2D eigenvalue weighted by atomic mass is 10.2. The normalized spacial score (nSPS) is 10.0. The van der Waals surface area contributed by atoms with Crippen molar-refractivity contribution in [3.8, 4) is 0 Å². The van der Waals surface area contributed by atoms with Crippen LogP contribution >= 0.6 is 15.9 Å². The number of hydrogen-bond acceptors (Lipinski definition) is 2. The third kappa shape index (κ3) is 1.97. The summed E-state index contributed by atoms with van der Waals surface area (Å²) in [6.45, 7) is 2.08. The van der Waals surface area contributed by atoms with Crippen molar-refractivity contribution in [2.24, 2.45) is 0 Å². The van der Waals surface area contributed by atoms with Gasteiger partial charge in [-0.1, -0.05) is 22.0 Å². The summed E-state index contributed by atoms with van der Waals surface area (Å²) in [7, 11) is 4.01. The largest absolute Gasteiger partial charge is 0.363 e. The zero-order valence-corrected chi connectivity index (χ0v) is 9.22. The van der Waals surface area contributed by atoms with Crippen LogP contribution in [0.2, 0.25) is 0 Å². The van der Waals surface area contributed by atoms with E-state index in [1.807, 2.05) is 25.2 Å². The first-order chi connectivity index (χ1) is 5.65. The minimum absolute atomic E-state index is 0.870. The second kappa shape index (κ2) is 3.90. The topological polar surface area (TPSA) is 16.1 Å². The molecule has 1 aromatic heterocycles. The first kappa shape index (κ1) is 9.52. The standard InChI is InChI=1S/C9H13BrN2/c1-7-4-8(5-10)6-11-9(7)12(2)3/h4,6H,5H2,1-3H3. The van der Waals surface area contributed by atoms with Crippen molar-refractivity contribution in [1.29, 1.82) is 0 Å². The Kier molecular flexibility index (Phi) is 3.09. The van der Waals surface area contributed by atoms with Crippen LogP contribution in [0.3, 0.4) is 0 Å². The van der Waals surface area contributed by atoms with Gasteiger partial charge in [0, 0.05) is 25.6 Å². The molecule has 0 amide bonds. The van der Waals surface area contributed by atoms with Crippen LogP contribution in [0.25, 0.3) is 0 Å². The van der Waals surface area contributed by atoms with Gasteiger partial charge < -0.3 is 4.90 Å². The molecule has 1 aromatic rings. The van der Waals surface area contributed by atoms with Gasteiger partial charge in [0.25, 0.3) is 0 Å². The molecule has 0 saturated carbocycles. The van der Waals surface area contributed by atoms with Crippen LogP contribution in [-0.4, -0.2) is 19.1 Å². The molecule has 0 fully saturated rings. The quantitative estimate of drug-likeness (QED) is 0.723. The van der Waals surface area contributed by atoms with Crippen molar-refractivity contribution >= 4 is 21.7 Å². The van der Waals surface area contributed by atoms with Gasteiger partial charge in [0.05, 0.1) is 0 Å². The molecule has 0 saturated heterocycles. The lowest BCUT2D eigenvalue weighted by molar-refractivity contribution is 1.04. The Bertz CT molecular complexity index is 271. The highest BCUT2D eigenvalue weighted by Gasteiger charge is 2.01. The predicted octanol–water partition coefficient (Wildman–Crippen LogP) is 2.35. The van der Waals surface area contributed by atoms with Gasteiger partial charge in [0.1, 0.15) is 5.82 Å². The van der Waals surface area contributed by atoms with Gasteiger partial charge in [0.15, 0.2) is 0 Å². The number of pyridine rings is 1. The summed E-state index contributed by atoms with van der Waals surface area (Å²) in [6, 6.07) is 2.15.